The first kappa shape index (κ1) is 20.0. The van der Waals surface area contributed by atoms with E-state index in [0.29, 0.717) is 5.69 Å². The second-order valence-corrected chi connectivity index (χ2v) is 7.44. The zero-order valence-electron chi connectivity index (χ0n) is 17.2. The molecule has 1 atom stereocenters. The lowest BCUT2D eigenvalue weighted by molar-refractivity contribution is -0.120. The maximum absolute atomic E-state index is 13.0. The van der Waals surface area contributed by atoms with E-state index in [2.05, 4.69) is 32.2 Å². The highest BCUT2D eigenvalue weighted by molar-refractivity contribution is 6.11. The van der Waals surface area contributed by atoms with Gasteiger partial charge in [-0.05, 0) is 25.1 Å². The van der Waals surface area contributed by atoms with Crippen molar-refractivity contribution < 1.29 is 14.3 Å². The maximum Gasteiger partial charge on any atom is 0.356 e. The molecule has 3 aromatic rings. The molecular weight excluding hydrogens is 380 g/mol. The minimum Gasteiger partial charge on any atom is -0.464 e. The van der Waals surface area contributed by atoms with E-state index < -0.39 is 5.97 Å². The fourth-order valence-electron chi connectivity index (χ4n) is 3.93. The zero-order chi connectivity index (χ0) is 21.1. The highest BCUT2D eigenvalue weighted by Crippen LogP contribution is 2.28. The lowest BCUT2D eigenvalue weighted by Crippen LogP contribution is -2.52. The number of aromatic amines is 1. The van der Waals surface area contributed by atoms with E-state index in [0.717, 1.165) is 37.1 Å². The summed E-state index contributed by atoms with van der Waals surface area (Å²) in [5, 5.41) is 3.75. The molecule has 0 bridgehead atoms. The van der Waals surface area contributed by atoms with Crippen LogP contribution in [0.15, 0.2) is 54.6 Å². The number of methoxy groups -OCH3 is 1. The van der Waals surface area contributed by atoms with Crippen molar-refractivity contribution in [2.75, 3.05) is 43.5 Å². The Hall–Kier alpha value is -3.32. The van der Waals surface area contributed by atoms with Gasteiger partial charge < -0.3 is 19.9 Å². The zero-order valence-corrected chi connectivity index (χ0v) is 17.2. The van der Waals surface area contributed by atoms with Crippen LogP contribution in [-0.2, 0) is 9.53 Å². The van der Waals surface area contributed by atoms with Gasteiger partial charge in [0.2, 0.25) is 5.91 Å². The number of para-hydroxylation sites is 2. The Morgan fingerprint density at radius 2 is 1.67 bits per heavy atom. The Morgan fingerprint density at radius 3 is 2.37 bits per heavy atom. The van der Waals surface area contributed by atoms with Gasteiger partial charge in [0, 0.05) is 42.8 Å². The number of piperazine rings is 1. The number of carbonyl (C=O) groups excluding carboxylic acids is 2. The molecule has 1 aliphatic heterocycles. The van der Waals surface area contributed by atoms with Crippen LogP contribution in [0.5, 0.6) is 0 Å². The van der Waals surface area contributed by atoms with Gasteiger partial charge in [0.1, 0.15) is 5.69 Å². The molecule has 7 nitrogen and oxygen atoms in total. The van der Waals surface area contributed by atoms with Crippen molar-refractivity contribution in [3.05, 3.63) is 60.3 Å². The fraction of sp³-hybridized carbons (Fsp3) is 0.304. The number of nitrogens with one attached hydrogen (secondary N) is 2. The van der Waals surface area contributed by atoms with E-state index in [1.54, 1.807) is 0 Å². The fourth-order valence-corrected chi connectivity index (χ4v) is 3.93. The summed E-state index contributed by atoms with van der Waals surface area (Å²) in [6, 6.07) is 17.5. The third kappa shape index (κ3) is 3.89. The number of amides is 1. The molecule has 1 aromatic heterocycles. The van der Waals surface area contributed by atoms with Gasteiger partial charge in [-0.15, -0.1) is 0 Å². The largest absolute Gasteiger partial charge is 0.464 e. The minimum absolute atomic E-state index is 0.141. The van der Waals surface area contributed by atoms with Gasteiger partial charge >= 0.3 is 5.97 Å². The number of aromatic nitrogens is 1. The molecule has 1 aliphatic rings. The number of hydrogen-bond donors (Lipinski definition) is 2. The highest BCUT2D eigenvalue weighted by Gasteiger charge is 2.28. The molecule has 30 heavy (non-hydrogen) atoms. The number of H-pyrrole nitrogens is 1. The number of fused-ring (bicyclic) bond motifs is 1. The SMILES string of the molecule is COC(=O)c1[nH]c2ccccc2c1NC(=O)[C@H](C)N1CCN(c2ccccc2)CC1. The molecule has 7 heteroatoms. The normalized spacial score (nSPS) is 15.7. The first-order valence-corrected chi connectivity index (χ1v) is 10.1. The van der Waals surface area contributed by atoms with Crippen LogP contribution >= 0.6 is 0 Å². The Bertz CT molecular complexity index is 1040. The van der Waals surface area contributed by atoms with Gasteiger partial charge in [-0.1, -0.05) is 36.4 Å². The van der Waals surface area contributed by atoms with Gasteiger partial charge in [-0.25, -0.2) is 4.79 Å². The lowest BCUT2D eigenvalue weighted by Gasteiger charge is -2.38. The first-order valence-electron chi connectivity index (χ1n) is 10.1. The Balaban J connectivity index is 1.46. The molecule has 0 unspecified atom stereocenters. The topological polar surface area (TPSA) is 77.7 Å². The number of benzene rings is 2. The number of nitrogens with zero attached hydrogens (tertiary/aromatic N) is 2. The Labute approximate surface area is 175 Å². The predicted molar refractivity (Wildman–Crippen MR) is 118 cm³/mol. The maximum atomic E-state index is 13.0. The highest BCUT2D eigenvalue weighted by atomic mass is 16.5. The van der Waals surface area contributed by atoms with Crippen molar-refractivity contribution in [1.82, 2.24) is 9.88 Å². The summed E-state index contributed by atoms with van der Waals surface area (Å²) >= 11 is 0. The van der Waals surface area contributed by atoms with E-state index in [1.807, 2.05) is 49.4 Å². The number of anilines is 2. The summed E-state index contributed by atoms with van der Waals surface area (Å²) < 4.78 is 4.88. The van der Waals surface area contributed by atoms with Crippen molar-refractivity contribution >= 4 is 34.2 Å². The van der Waals surface area contributed by atoms with Crippen LogP contribution in [-0.4, -0.2) is 61.1 Å². The predicted octanol–water partition coefficient (Wildman–Crippen LogP) is 3.10. The molecule has 2 aromatic carbocycles. The quantitative estimate of drug-likeness (QED) is 0.637. The molecule has 0 saturated carbocycles. The second kappa shape index (κ2) is 8.59. The number of esters is 1. The summed E-state index contributed by atoms with van der Waals surface area (Å²) in [5.74, 6) is -0.649. The van der Waals surface area contributed by atoms with Crippen molar-refractivity contribution in [3.63, 3.8) is 0 Å². The molecule has 1 saturated heterocycles. The van der Waals surface area contributed by atoms with Gasteiger partial charge in [-0.2, -0.15) is 0 Å². The van der Waals surface area contributed by atoms with Crippen molar-refractivity contribution in [2.24, 2.45) is 0 Å². The standard InChI is InChI=1S/C23H26N4O3/c1-16(26-12-14-27(15-13-26)17-8-4-3-5-9-17)22(28)25-20-18-10-6-7-11-19(18)24-21(20)23(29)30-2/h3-11,16,24H,12-15H2,1-2H3,(H,25,28)/t16-/m0/s1. The number of hydrogen-bond acceptors (Lipinski definition) is 5. The molecule has 0 spiro atoms. The molecule has 156 valence electrons. The molecule has 2 heterocycles. The average Bonchev–Trinajstić information content (AvgIpc) is 3.17. The monoisotopic (exact) mass is 406 g/mol. The van der Waals surface area contributed by atoms with E-state index in [-0.39, 0.29) is 17.6 Å². The van der Waals surface area contributed by atoms with Crippen LogP contribution in [0.3, 0.4) is 0 Å². The summed E-state index contributed by atoms with van der Waals surface area (Å²) in [6.45, 7) is 5.22. The number of carbonyl (C=O) groups is 2. The van der Waals surface area contributed by atoms with Gasteiger partial charge in [-0.3, -0.25) is 9.69 Å². The van der Waals surface area contributed by atoms with Crippen LogP contribution in [0, 0.1) is 0 Å². The molecular formula is C23H26N4O3. The smallest absolute Gasteiger partial charge is 0.356 e. The Morgan fingerprint density at radius 1 is 1.00 bits per heavy atom. The van der Waals surface area contributed by atoms with Crippen molar-refractivity contribution in [3.8, 4) is 0 Å². The Kier molecular flexibility index (Phi) is 5.72. The van der Waals surface area contributed by atoms with Gasteiger partial charge in [0.05, 0.1) is 18.8 Å². The summed E-state index contributed by atoms with van der Waals surface area (Å²) in [4.78, 5) is 32.8. The third-order valence-corrected chi connectivity index (χ3v) is 5.71. The van der Waals surface area contributed by atoms with Crippen LogP contribution in [0.25, 0.3) is 10.9 Å². The molecule has 1 amide bonds. The molecule has 2 N–H and O–H groups in total. The van der Waals surface area contributed by atoms with Crippen molar-refractivity contribution in [2.45, 2.75) is 13.0 Å². The first-order chi connectivity index (χ1) is 14.6. The average molecular weight is 406 g/mol. The van der Waals surface area contributed by atoms with Crippen molar-refractivity contribution in [1.29, 1.82) is 0 Å². The molecule has 0 aliphatic carbocycles. The molecule has 0 radical (unpaired) electrons. The van der Waals surface area contributed by atoms with E-state index in [4.69, 9.17) is 4.74 Å². The van der Waals surface area contributed by atoms with E-state index in [9.17, 15) is 9.59 Å². The lowest BCUT2D eigenvalue weighted by atomic mass is 10.1. The number of rotatable bonds is 5. The third-order valence-electron chi connectivity index (χ3n) is 5.71. The van der Waals surface area contributed by atoms with E-state index in [1.165, 1.54) is 12.8 Å². The van der Waals surface area contributed by atoms with Crippen LogP contribution in [0.2, 0.25) is 0 Å². The van der Waals surface area contributed by atoms with Gasteiger partial charge in [0.25, 0.3) is 0 Å². The summed E-state index contributed by atoms with van der Waals surface area (Å²) in [6.07, 6.45) is 0. The van der Waals surface area contributed by atoms with Crippen LogP contribution in [0.1, 0.15) is 17.4 Å². The molecule has 4 rings (SSSR count). The van der Waals surface area contributed by atoms with E-state index >= 15 is 0 Å². The second-order valence-electron chi connectivity index (χ2n) is 7.44. The summed E-state index contributed by atoms with van der Waals surface area (Å²) in [7, 11) is 1.33. The van der Waals surface area contributed by atoms with Gasteiger partial charge in [0.15, 0.2) is 0 Å². The van der Waals surface area contributed by atoms with Crippen LogP contribution < -0.4 is 10.2 Å². The number of ether oxygens (including phenoxy) is 1. The minimum atomic E-state index is -0.509. The summed E-state index contributed by atoms with van der Waals surface area (Å²) in [5.41, 5.74) is 2.71. The molecule has 1 fully saturated rings. The van der Waals surface area contributed by atoms with Crippen LogP contribution in [0.4, 0.5) is 11.4 Å².